The second-order valence-electron chi connectivity index (χ2n) is 11.9. The van der Waals surface area contributed by atoms with E-state index in [-0.39, 0.29) is 30.2 Å². The number of H-pyrrole nitrogens is 1. The lowest BCUT2D eigenvalue weighted by molar-refractivity contribution is -0.142. The molecule has 0 fully saturated rings. The molecule has 0 spiro atoms. The Kier molecular flexibility index (Phi) is 12.8. The van der Waals surface area contributed by atoms with E-state index < -0.39 is 12.0 Å². The molecule has 4 rings (SSSR count). The molecule has 4 aromatic rings. The summed E-state index contributed by atoms with van der Waals surface area (Å²) >= 11 is 3.07. The first-order valence-corrected chi connectivity index (χ1v) is 17.7. The van der Waals surface area contributed by atoms with Crippen molar-refractivity contribution < 1.29 is 19.5 Å². The van der Waals surface area contributed by atoms with Crippen molar-refractivity contribution in [3.05, 3.63) is 78.0 Å². The molecule has 0 bridgehead atoms. The molecule has 3 aromatic carbocycles. The highest BCUT2D eigenvalue weighted by Crippen LogP contribution is 2.31. The molecule has 10 heteroatoms. The fraction of sp³-hybridized carbons (Fsp3) is 0.400. The summed E-state index contributed by atoms with van der Waals surface area (Å²) in [7, 11) is 0. The predicted molar refractivity (Wildman–Crippen MR) is 187 cm³/mol. The fourth-order valence-electron chi connectivity index (χ4n) is 5.70. The Labute approximate surface area is 274 Å². The molecule has 4 N–H and O–H groups in total. The van der Waals surface area contributed by atoms with Gasteiger partial charge < -0.3 is 20.7 Å². The number of nitrogens with zero attached hydrogens (tertiary/aromatic N) is 1. The van der Waals surface area contributed by atoms with Crippen molar-refractivity contribution in [1.29, 1.82) is 0 Å². The average molecular weight is 649 g/mol. The van der Waals surface area contributed by atoms with Crippen LogP contribution in [0.5, 0.6) is 0 Å². The Hall–Kier alpha value is -3.47. The van der Waals surface area contributed by atoms with Gasteiger partial charge in [0.2, 0.25) is 11.8 Å². The Bertz CT molecular complexity index is 1600. The number of para-hydroxylation sites is 1. The molecule has 2 amide bonds. The number of benzene rings is 3. The smallest absolute Gasteiger partial charge is 0.326 e. The zero-order valence-electron chi connectivity index (χ0n) is 26.5. The maximum Gasteiger partial charge on any atom is 0.326 e. The summed E-state index contributed by atoms with van der Waals surface area (Å²) in [5.41, 5.74) is 3.16. The quantitative estimate of drug-likeness (QED) is 0.103. The number of aryl methyl sites for hydroxylation is 1. The standard InChI is InChI=1S/C35H44N4O4S2/c1-23(2)18-27(37-33(41)22-45-34-24(3)36-30-15-8-7-14-29(30)34)20-39(21-32(40)38-31(35(42)43)16-17-44-4)19-26-12-9-11-25-10-5-6-13-28(25)26/h5-15,23,27,31,36H,16-22H2,1-4H3,(H,37,41)(H,38,40)(H,42,43). The number of aromatic nitrogens is 1. The molecule has 0 radical (unpaired) electrons. The molecule has 0 aliphatic heterocycles. The van der Waals surface area contributed by atoms with Crippen molar-refractivity contribution in [2.24, 2.45) is 5.92 Å². The van der Waals surface area contributed by atoms with Gasteiger partial charge in [-0.3, -0.25) is 14.5 Å². The average Bonchev–Trinajstić information content (AvgIpc) is 3.32. The first kappa shape index (κ1) is 34.4. The summed E-state index contributed by atoms with van der Waals surface area (Å²) in [6.07, 6.45) is 3.00. The van der Waals surface area contributed by atoms with Crippen molar-refractivity contribution >= 4 is 63.0 Å². The molecular formula is C35H44N4O4S2. The van der Waals surface area contributed by atoms with E-state index >= 15 is 0 Å². The van der Waals surface area contributed by atoms with E-state index in [0.29, 0.717) is 31.2 Å². The van der Waals surface area contributed by atoms with Gasteiger partial charge in [-0.1, -0.05) is 74.5 Å². The van der Waals surface area contributed by atoms with Gasteiger partial charge in [-0.05, 0) is 60.1 Å². The van der Waals surface area contributed by atoms with Gasteiger partial charge >= 0.3 is 5.97 Å². The lowest BCUT2D eigenvalue weighted by atomic mass is 10.0. The molecule has 45 heavy (non-hydrogen) atoms. The first-order chi connectivity index (χ1) is 21.6. The number of hydrogen-bond acceptors (Lipinski definition) is 6. The molecular weight excluding hydrogens is 605 g/mol. The molecule has 0 saturated heterocycles. The topological polar surface area (TPSA) is 115 Å². The highest BCUT2D eigenvalue weighted by molar-refractivity contribution is 8.00. The van der Waals surface area contributed by atoms with Gasteiger partial charge in [0.1, 0.15) is 6.04 Å². The minimum Gasteiger partial charge on any atom is -0.480 e. The maximum atomic E-state index is 13.3. The van der Waals surface area contributed by atoms with Crippen LogP contribution < -0.4 is 10.6 Å². The third-order valence-corrected chi connectivity index (χ3v) is 9.53. The van der Waals surface area contributed by atoms with E-state index in [1.54, 1.807) is 11.8 Å². The van der Waals surface area contributed by atoms with Crippen LogP contribution in [0.3, 0.4) is 0 Å². The molecule has 240 valence electrons. The molecule has 0 aliphatic carbocycles. The molecule has 1 heterocycles. The first-order valence-electron chi connectivity index (χ1n) is 15.3. The van der Waals surface area contributed by atoms with Crippen LogP contribution in [0.4, 0.5) is 0 Å². The number of carboxylic acid groups (broad SMARTS) is 1. The summed E-state index contributed by atoms with van der Waals surface area (Å²) in [5, 5.41) is 19.0. The second-order valence-corrected chi connectivity index (χ2v) is 13.8. The van der Waals surface area contributed by atoms with E-state index in [4.69, 9.17) is 0 Å². The van der Waals surface area contributed by atoms with Gasteiger partial charge in [-0.25, -0.2) is 4.79 Å². The van der Waals surface area contributed by atoms with Crippen LogP contribution >= 0.6 is 23.5 Å². The van der Waals surface area contributed by atoms with Crippen LogP contribution in [0.1, 0.15) is 37.9 Å². The number of amides is 2. The van der Waals surface area contributed by atoms with Crippen molar-refractivity contribution in [2.75, 3.05) is 30.9 Å². The molecule has 0 saturated carbocycles. The van der Waals surface area contributed by atoms with E-state index in [1.807, 2.05) is 54.5 Å². The van der Waals surface area contributed by atoms with E-state index in [1.165, 1.54) is 11.8 Å². The number of fused-ring (bicyclic) bond motifs is 2. The Morgan fingerprint density at radius 3 is 2.38 bits per heavy atom. The van der Waals surface area contributed by atoms with Gasteiger partial charge in [0, 0.05) is 40.6 Å². The zero-order valence-corrected chi connectivity index (χ0v) is 28.1. The predicted octanol–water partition coefficient (Wildman–Crippen LogP) is 6.08. The van der Waals surface area contributed by atoms with Crippen molar-refractivity contribution in [3.8, 4) is 0 Å². The Morgan fingerprint density at radius 2 is 1.64 bits per heavy atom. The Morgan fingerprint density at radius 1 is 0.933 bits per heavy atom. The number of carboxylic acids is 1. The molecule has 0 aliphatic rings. The summed E-state index contributed by atoms with van der Waals surface area (Å²) < 4.78 is 0. The Balaban J connectivity index is 1.51. The second kappa shape index (κ2) is 16.7. The fourth-order valence-corrected chi connectivity index (χ4v) is 7.13. The lowest BCUT2D eigenvalue weighted by Crippen LogP contribution is -2.49. The normalized spacial score (nSPS) is 12.9. The summed E-state index contributed by atoms with van der Waals surface area (Å²) in [6, 6.07) is 21.2. The third kappa shape index (κ3) is 10.0. The monoisotopic (exact) mass is 648 g/mol. The van der Waals surface area contributed by atoms with Crippen LogP contribution in [0.15, 0.2) is 71.6 Å². The van der Waals surface area contributed by atoms with Gasteiger partial charge in [0.15, 0.2) is 0 Å². The van der Waals surface area contributed by atoms with Gasteiger partial charge in [0.05, 0.1) is 12.3 Å². The number of aliphatic carboxylic acids is 1. The van der Waals surface area contributed by atoms with Crippen LogP contribution in [0.25, 0.3) is 21.7 Å². The minimum atomic E-state index is -1.04. The van der Waals surface area contributed by atoms with Crippen LogP contribution in [-0.4, -0.2) is 75.7 Å². The molecule has 8 nitrogen and oxygen atoms in total. The highest BCUT2D eigenvalue weighted by atomic mass is 32.2. The zero-order chi connectivity index (χ0) is 32.3. The van der Waals surface area contributed by atoms with E-state index in [0.717, 1.165) is 44.2 Å². The third-order valence-electron chi connectivity index (χ3n) is 7.67. The molecule has 1 aromatic heterocycles. The van der Waals surface area contributed by atoms with Gasteiger partial charge in [0.25, 0.3) is 0 Å². The van der Waals surface area contributed by atoms with Crippen LogP contribution in [-0.2, 0) is 20.9 Å². The van der Waals surface area contributed by atoms with E-state index in [9.17, 15) is 19.5 Å². The number of nitrogens with one attached hydrogen (secondary N) is 3. The van der Waals surface area contributed by atoms with Crippen LogP contribution in [0, 0.1) is 12.8 Å². The van der Waals surface area contributed by atoms with Crippen molar-refractivity contribution in [1.82, 2.24) is 20.5 Å². The van der Waals surface area contributed by atoms with E-state index in [2.05, 4.69) is 59.8 Å². The number of carbonyl (C=O) groups is 3. The van der Waals surface area contributed by atoms with Gasteiger partial charge in [-0.2, -0.15) is 11.8 Å². The maximum absolute atomic E-state index is 13.3. The number of aromatic amines is 1. The SMILES string of the molecule is CSCCC(NC(=O)CN(Cc1cccc2ccccc12)CC(CC(C)C)NC(=O)CSc1c(C)[nH]c2ccccc12)C(=O)O. The molecule has 2 atom stereocenters. The number of carbonyl (C=O) groups excluding carboxylic acids is 2. The summed E-state index contributed by atoms with van der Waals surface area (Å²) in [6.45, 7) is 7.20. The number of rotatable bonds is 17. The largest absolute Gasteiger partial charge is 0.480 e. The van der Waals surface area contributed by atoms with Crippen LogP contribution in [0.2, 0.25) is 0 Å². The summed E-state index contributed by atoms with van der Waals surface area (Å²) in [5.74, 6) is -0.218. The van der Waals surface area contributed by atoms with Crippen molar-refractivity contribution in [3.63, 3.8) is 0 Å². The number of thioether (sulfide) groups is 2. The molecule has 2 unspecified atom stereocenters. The minimum absolute atomic E-state index is 0.0139. The highest BCUT2D eigenvalue weighted by Gasteiger charge is 2.24. The van der Waals surface area contributed by atoms with Gasteiger partial charge in [-0.15, -0.1) is 11.8 Å². The summed E-state index contributed by atoms with van der Waals surface area (Å²) in [4.78, 5) is 44.9. The number of hydrogen-bond donors (Lipinski definition) is 4. The van der Waals surface area contributed by atoms with Crippen molar-refractivity contribution in [2.45, 2.75) is 57.1 Å². The lowest BCUT2D eigenvalue weighted by Gasteiger charge is -2.29.